The van der Waals surface area contributed by atoms with E-state index in [1.807, 2.05) is 30.6 Å². The molecule has 1 saturated carbocycles. The van der Waals surface area contributed by atoms with E-state index >= 15 is 0 Å². The minimum Gasteiger partial charge on any atom is -0.340 e. The molecule has 3 aromatic carbocycles. The fourth-order valence-corrected chi connectivity index (χ4v) is 10.4. The lowest BCUT2D eigenvalue weighted by atomic mass is 9.84. The number of amides is 2. The minimum atomic E-state index is -0.280. The number of carbonyl (C=O) groups excluding carboxylic acids is 2. The summed E-state index contributed by atoms with van der Waals surface area (Å²) in [6.07, 6.45) is 12.9. The van der Waals surface area contributed by atoms with Gasteiger partial charge in [-0.25, -0.2) is 4.98 Å². The Morgan fingerprint density at radius 2 is 1.32 bits per heavy atom. The van der Waals surface area contributed by atoms with Crippen LogP contribution in [0.25, 0.3) is 28.0 Å². The van der Waals surface area contributed by atoms with Crippen LogP contribution in [-0.2, 0) is 9.59 Å². The third-order valence-corrected chi connectivity index (χ3v) is 13.8. The summed E-state index contributed by atoms with van der Waals surface area (Å²) < 4.78 is 0. The molecule has 2 saturated heterocycles. The highest BCUT2D eigenvalue weighted by Crippen LogP contribution is 2.38. The first-order valence-corrected chi connectivity index (χ1v) is 22.6. The predicted octanol–water partition coefficient (Wildman–Crippen LogP) is 9.57. The Kier molecular flexibility index (Phi) is 12.9. The predicted molar refractivity (Wildman–Crippen MR) is 239 cm³/mol. The normalized spacial score (nSPS) is 22.6. The van der Waals surface area contributed by atoms with Gasteiger partial charge in [0.25, 0.3) is 0 Å². The number of likely N-dealkylation sites (N-methyl/N-ethyl adjacent to an activating group) is 1. The molecule has 1 aliphatic carbocycles. The number of H-pyrrole nitrogens is 1. The number of likely N-dealkylation sites (tertiary alicyclic amines) is 2. The van der Waals surface area contributed by atoms with Crippen LogP contribution in [0, 0.1) is 5.92 Å². The Hall–Kier alpha value is -4.86. The van der Waals surface area contributed by atoms with E-state index in [-0.39, 0.29) is 30.0 Å². The maximum atomic E-state index is 14.3. The van der Waals surface area contributed by atoms with Crippen LogP contribution in [0.5, 0.6) is 0 Å². The zero-order chi connectivity index (χ0) is 40.9. The van der Waals surface area contributed by atoms with Crippen LogP contribution in [0.3, 0.4) is 0 Å². The molecule has 9 heteroatoms. The maximum Gasteiger partial charge on any atom is 0.245 e. The molecule has 3 fully saturated rings. The van der Waals surface area contributed by atoms with Gasteiger partial charge >= 0.3 is 0 Å². The van der Waals surface area contributed by atoms with Crippen LogP contribution in [0.2, 0.25) is 0 Å². The van der Waals surface area contributed by atoms with Gasteiger partial charge in [0.05, 0.1) is 24.0 Å². The molecule has 0 radical (unpaired) electrons. The largest absolute Gasteiger partial charge is 0.340 e. The van der Waals surface area contributed by atoms with Gasteiger partial charge < -0.3 is 19.7 Å². The Morgan fingerprint density at radius 1 is 0.712 bits per heavy atom. The van der Waals surface area contributed by atoms with Crippen molar-refractivity contribution >= 4 is 23.1 Å². The molecule has 8 rings (SSSR count). The molecule has 4 heterocycles. The molecule has 59 heavy (non-hydrogen) atoms. The van der Waals surface area contributed by atoms with Crippen molar-refractivity contribution in [1.82, 2.24) is 29.6 Å². The number of nitrogens with one attached hydrogen (secondary N) is 1. The monoisotopic (exact) mass is 794 g/mol. The number of hydrogen-bond acceptors (Lipinski definition) is 6. The van der Waals surface area contributed by atoms with Gasteiger partial charge in [0.15, 0.2) is 0 Å². The van der Waals surface area contributed by atoms with Crippen LogP contribution in [0.15, 0.2) is 96.3 Å². The van der Waals surface area contributed by atoms with Crippen LogP contribution in [0.1, 0.15) is 115 Å². The maximum absolute atomic E-state index is 14.3. The first-order chi connectivity index (χ1) is 28.9. The van der Waals surface area contributed by atoms with Gasteiger partial charge in [0, 0.05) is 43.4 Å². The summed E-state index contributed by atoms with van der Waals surface area (Å²) in [6.45, 7) is 14.2. The molecular weight excluding hydrogens is 731 g/mol. The summed E-state index contributed by atoms with van der Waals surface area (Å²) in [5.74, 6) is 1.55. The first-order valence-electron chi connectivity index (χ1n) is 22.6. The van der Waals surface area contributed by atoms with Gasteiger partial charge in [0.2, 0.25) is 11.8 Å². The Labute approximate surface area is 351 Å². The van der Waals surface area contributed by atoms with E-state index in [0.717, 1.165) is 137 Å². The van der Waals surface area contributed by atoms with Crippen LogP contribution in [0.4, 0.5) is 0 Å². The topological polar surface area (TPSA) is 88.1 Å². The smallest absolute Gasteiger partial charge is 0.245 e. The van der Waals surface area contributed by atoms with Crippen molar-refractivity contribution in [2.75, 3.05) is 39.3 Å². The summed E-state index contributed by atoms with van der Waals surface area (Å²) in [5, 5.41) is 0. The fourth-order valence-electron chi connectivity index (χ4n) is 10.4. The van der Waals surface area contributed by atoms with E-state index in [4.69, 9.17) is 9.98 Å². The number of aromatic amines is 1. The molecular formula is C50H63N7O2. The van der Waals surface area contributed by atoms with Gasteiger partial charge in [-0.2, -0.15) is 0 Å². The second-order valence-electron chi connectivity index (χ2n) is 16.9. The van der Waals surface area contributed by atoms with Crippen LogP contribution in [-0.4, -0.2) is 98.4 Å². The van der Waals surface area contributed by atoms with Gasteiger partial charge in [-0.3, -0.25) is 19.5 Å². The summed E-state index contributed by atoms with van der Waals surface area (Å²) in [5.41, 5.74) is 8.90. The number of aromatic nitrogens is 2. The highest BCUT2D eigenvalue weighted by Gasteiger charge is 2.40. The number of aliphatic imine (C=N–C) groups is 1. The number of benzene rings is 3. The van der Waals surface area contributed by atoms with E-state index in [9.17, 15) is 9.59 Å². The van der Waals surface area contributed by atoms with Gasteiger partial charge in [0.1, 0.15) is 11.9 Å². The fraction of sp³-hybridized carbons (Fsp3) is 0.480. The average molecular weight is 794 g/mol. The molecule has 310 valence electrons. The Balaban J connectivity index is 0.873. The summed E-state index contributed by atoms with van der Waals surface area (Å²) in [7, 11) is 0. The van der Waals surface area contributed by atoms with Crippen LogP contribution >= 0.6 is 0 Å². The standard InChI is InChI=1S/C50H63N7O2/c1-5-54(6-2)42-28-26-40(27-29-42)49(58)57-31-13-17-46(57)48-52-34-44(53-48)38-24-22-36(23-25-38)35-18-20-37(21-19-35)41-32-43(51-33-41)45-16-12-30-56(45)50(59)47(55(7-3)8-4)39-14-10-9-11-15-39/h9-11,14-15,18-25,33-34,40,42,45-47H,5-8,12-13,16-17,26-32H2,1-4H3,(H,52,53)/t40?,42?,45?,46-,47+/m0/s1. The van der Waals surface area contributed by atoms with Crippen molar-refractivity contribution in [3.8, 4) is 22.4 Å². The number of nitrogens with zero attached hydrogens (tertiary/aromatic N) is 6. The third kappa shape index (κ3) is 8.60. The van der Waals surface area contributed by atoms with Crippen molar-refractivity contribution in [3.05, 3.63) is 108 Å². The van der Waals surface area contributed by atoms with Gasteiger partial charge in [-0.1, -0.05) is 107 Å². The van der Waals surface area contributed by atoms with Crippen molar-refractivity contribution in [2.24, 2.45) is 10.9 Å². The van der Waals surface area contributed by atoms with Crippen LogP contribution < -0.4 is 0 Å². The van der Waals surface area contributed by atoms with Gasteiger partial charge in [-0.15, -0.1) is 0 Å². The van der Waals surface area contributed by atoms with E-state index < -0.39 is 0 Å². The molecule has 1 N–H and O–H groups in total. The number of hydrogen-bond donors (Lipinski definition) is 1. The first kappa shape index (κ1) is 40.9. The molecule has 9 nitrogen and oxygen atoms in total. The lowest BCUT2D eigenvalue weighted by molar-refractivity contribution is -0.138. The van der Waals surface area contributed by atoms with Crippen molar-refractivity contribution in [1.29, 1.82) is 0 Å². The molecule has 0 bridgehead atoms. The van der Waals surface area contributed by atoms with Gasteiger partial charge in [-0.05, 0) is 111 Å². The lowest BCUT2D eigenvalue weighted by Crippen LogP contribution is -2.47. The lowest BCUT2D eigenvalue weighted by Gasteiger charge is -2.37. The average Bonchev–Trinajstić information content (AvgIpc) is 4.14. The zero-order valence-corrected chi connectivity index (χ0v) is 35.7. The molecule has 3 aliphatic heterocycles. The number of rotatable bonds is 14. The Bertz CT molecular complexity index is 2090. The molecule has 0 spiro atoms. The second kappa shape index (κ2) is 18.6. The molecule has 3 atom stereocenters. The molecule has 2 amide bonds. The number of carbonyl (C=O) groups is 2. The third-order valence-electron chi connectivity index (χ3n) is 13.8. The highest BCUT2D eigenvalue weighted by atomic mass is 16.2. The molecule has 1 unspecified atom stereocenters. The molecule has 1 aromatic heterocycles. The van der Waals surface area contributed by atoms with E-state index in [0.29, 0.717) is 11.9 Å². The minimum absolute atomic E-state index is 0.0233. The molecule has 4 aliphatic rings. The Morgan fingerprint density at radius 3 is 1.97 bits per heavy atom. The quantitative estimate of drug-likeness (QED) is 0.138. The van der Waals surface area contributed by atoms with Crippen molar-refractivity contribution < 1.29 is 9.59 Å². The summed E-state index contributed by atoms with van der Waals surface area (Å²) in [4.78, 5) is 50.5. The van der Waals surface area contributed by atoms with E-state index in [1.54, 1.807) is 0 Å². The van der Waals surface area contributed by atoms with Crippen molar-refractivity contribution in [2.45, 2.75) is 110 Å². The summed E-state index contributed by atoms with van der Waals surface area (Å²) in [6, 6.07) is 28.1. The SMILES string of the molecule is CCN(CC)C1CCC(C(=O)N2CCC[C@H]2c2ncc(-c3ccc(-c4ccc(C5=CN=C(C6CCCN6C(=O)[C@@H](c6ccccc6)N(CC)CC)C5)cc4)cc3)[nH]2)CC1. The molecule has 4 aromatic rings. The van der Waals surface area contributed by atoms with E-state index in [2.05, 4.69) is 113 Å². The van der Waals surface area contributed by atoms with E-state index in [1.165, 1.54) is 11.1 Å². The number of allylic oxidation sites excluding steroid dienone is 1. The summed E-state index contributed by atoms with van der Waals surface area (Å²) >= 11 is 0. The van der Waals surface area contributed by atoms with Crippen molar-refractivity contribution in [3.63, 3.8) is 0 Å². The second-order valence-corrected chi connectivity index (χ2v) is 16.9. The highest BCUT2D eigenvalue weighted by molar-refractivity contribution is 6.03. The number of imidazole rings is 1. The zero-order valence-electron chi connectivity index (χ0n) is 35.7.